The smallest absolute Gasteiger partial charge is 0.234 e. The number of carbonyl (C=O) groups is 1. The predicted octanol–water partition coefficient (Wildman–Crippen LogP) is 4.38. The van der Waals surface area contributed by atoms with Gasteiger partial charge in [-0.1, -0.05) is 67.2 Å². The monoisotopic (exact) mass is 394 g/mol. The number of benzene rings is 2. The third-order valence-corrected chi connectivity index (χ3v) is 5.56. The molecule has 0 saturated carbocycles. The van der Waals surface area contributed by atoms with Crippen molar-refractivity contribution >= 4 is 23.4 Å². The van der Waals surface area contributed by atoms with Crippen LogP contribution >= 0.6 is 11.8 Å². The van der Waals surface area contributed by atoms with Crippen molar-refractivity contribution in [3.8, 4) is 0 Å². The first kappa shape index (κ1) is 20.1. The van der Waals surface area contributed by atoms with E-state index in [0.29, 0.717) is 5.75 Å². The fourth-order valence-corrected chi connectivity index (χ4v) is 3.92. The van der Waals surface area contributed by atoms with E-state index >= 15 is 0 Å². The van der Waals surface area contributed by atoms with Crippen LogP contribution in [0.3, 0.4) is 0 Å². The minimum absolute atomic E-state index is 0.0256. The molecule has 6 heteroatoms. The molecule has 0 bridgehead atoms. The van der Waals surface area contributed by atoms with Crippen LogP contribution in [-0.2, 0) is 30.6 Å². The second-order valence-corrected chi connectivity index (χ2v) is 7.42. The molecule has 0 aliphatic rings. The molecule has 0 unspecified atom stereocenters. The van der Waals surface area contributed by atoms with Gasteiger partial charge in [0.25, 0.3) is 0 Å². The first-order valence-corrected chi connectivity index (χ1v) is 10.7. The van der Waals surface area contributed by atoms with Crippen molar-refractivity contribution in [3.05, 3.63) is 71.5 Å². The van der Waals surface area contributed by atoms with Gasteiger partial charge < -0.3 is 9.88 Å². The molecule has 0 saturated heterocycles. The van der Waals surface area contributed by atoms with Gasteiger partial charge in [0.1, 0.15) is 5.82 Å². The summed E-state index contributed by atoms with van der Waals surface area (Å²) in [7, 11) is 0. The first-order valence-electron chi connectivity index (χ1n) is 9.67. The van der Waals surface area contributed by atoms with Crippen molar-refractivity contribution in [2.75, 3.05) is 11.1 Å². The second-order valence-electron chi connectivity index (χ2n) is 6.48. The summed E-state index contributed by atoms with van der Waals surface area (Å²) in [5, 5.41) is 12.5. The Bertz CT molecular complexity index is 908. The molecule has 2 aromatic carbocycles. The SMILES string of the molecule is CCc1ccccc1NC(=O)CSc1nnc(CCc2ccccc2)n1CC. The van der Waals surface area contributed by atoms with Crippen LogP contribution < -0.4 is 5.32 Å². The van der Waals surface area contributed by atoms with Crippen LogP contribution in [0.2, 0.25) is 0 Å². The zero-order chi connectivity index (χ0) is 19.8. The van der Waals surface area contributed by atoms with Gasteiger partial charge in [0.05, 0.1) is 5.75 Å². The minimum atomic E-state index is -0.0256. The van der Waals surface area contributed by atoms with Gasteiger partial charge in [-0.25, -0.2) is 0 Å². The summed E-state index contributed by atoms with van der Waals surface area (Å²) >= 11 is 1.43. The lowest BCUT2D eigenvalue weighted by atomic mass is 10.1. The summed E-state index contributed by atoms with van der Waals surface area (Å²) < 4.78 is 2.10. The molecular formula is C22H26N4OS. The normalized spacial score (nSPS) is 10.8. The molecule has 0 radical (unpaired) electrons. The van der Waals surface area contributed by atoms with Crippen LogP contribution in [0.1, 0.15) is 30.8 Å². The fraction of sp³-hybridized carbons (Fsp3) is 0.318. The number of aryl methyl sites for hydroxylation is 3. The molecule has 1 aromatic heterocycles. The second kappa shape index (κ2) is 10.1. The van der Waals surface area contributed by atoms with Crippen molar-refractivity contribution in [1.29, 1.82) is 0 Å². The van der Waals surface area contributed by atoms with E-state index in [1.54, 1.807) is 0 Å². The Morgan fingerprint density at radius 3 is 2.50 bits per heavy atom. The summed E-state index contributed by atoms with van der Waals surface area (Å²) in [6.45, 7) is 4.96. The van der Waals surface area contributed by atoms with Gasteiger partial charge >= 0.3 is 0 Å². The molecule has 0 fully saturated rings. The molecule has 0 atom stereocenters. The Morgan fingerprint density at radius 1 is 1.00 bits per heavy atom. The molecule has 28 heavy (non-hydrogen) atoms. The molecule has 146 valence electrons. The molecule has 0 spiro atoms. The molecule has 3 rings (SSSR count). The Morgan fingerprint density at radius 2 is 1.75 bits per heavy atom. The Labute approximate surface area is 170 Å². The number of rotatable bonds is 9. The van der Waals surface area contributed by atoms with E-state index in [1.807, 2.05) is 30.3 Å². The molecule has 3 aromatic rings. The zero-order valence-electron chi connectivity index (χ0n) is 16.4. The maximum absolute atomic E-state index is 12.4. The van der Waals surface area contributed by atoms with E-state index in [2.05, 4.69) is 58.2 Å². The quantitative estimate of drug-likeness (QED) is 0.547. The number of nitrogens with zero attached hydrogens (tertiary/aromatic N) is 3. The van der Waals surface area contributed by atoms with Gasteiger partial charge in [0, 0.05) is 18.7 Å². The molecular weight excluding hydrogens is 368 g/mol. The minimum Gasteiger partial charge on any atom is -0.325 e. The predicted molar refractivity (Wildman–Crippen MR) is 115 cm³/mol. The zero-order valence-corrected chi connectivity index (χ0v) is 17.2. The number of para-hydroxylation sites is 1. The van der Waals surface area contributed by atoms with Crippen molar-refractivity contribution < 1.29 is 4.79 Å². The number of amides is 1. The summed E-state index contributed by atoms with van der Waals surface area (Å²) in [5.41, 5.74) is 3.31. The average molecular weight is 395 g/mol. The van der Waals surface area contributed by atoms with E-state index in [0.717, 1.165) is 48.0 Å². The van der Waals surface area contributed by atoms with E-state index < -0.39 is 0 Å². The van der Waals surface area contributed by atoms with E-state index in [1.165, 1.54) is 17.3 Å². The van der Waals surface area contributed by atoms with Gasteiger partial charge in [-0.3, -0.25) is 4.79 Å². The van der Waals surface area contributed by atoms with Crippen LogP contribution in [0, 0.1) is 0 Å². The third-order valence-electron chi connectivity index (χ3n) is 4.59. The maximum atomic E-state index is 12.4. The Hall–Kier alpha value is -2.60. The number of aromatic nitrogens is 3. The summed E-state index contributed by atoms with van der Waals surface area (Å²) in [4.78, 5) is 12.4. The molecule has 1 heterocycles. The van der Waals surface area contributed by atoms with Gasteiger partial charge in [0.2, 0.25) is 5.91 Å². The van der Waals surface area contributed by atoms with Crippen LogP contribution in [0.5, 0.6) is 0 Å². The number of hydrogen-bond donors (Lipinski definition) is 1. The lowest BCUT2D eigenvalue weighted by Crippen LogP contribution is -2.16. The molecule has 0 aliphatic heterocycles. The van der Waals surface area contributed by atoms with Crippen LogP contribution in [0.4, 0.5) is 5.69 Å². The van der Waals surface area contributed by atoms with E-state index in [4.69, 9.17) is 0 Å². The van der Waals surface area contributed by atoms with E-state index in [9.17, 15) is 4.79 Å². The molecule has 0 aliphatic carbocycles. The van der Waals surface area contributed by atoms with Gasteiger partial charge in [-0.15, -0.1) is 10.2 Å². The first-order chi connectivity index (χ1) is 13.7. The lowest BCUT2D eigenvalue weighted by Gasteiger charge is -2.10. The Kier molecular flexibility index (Phi) is 7.25. The fourth-order valence-electron chi connectivity index (χ4n) is 3.10. The number of anilines is 1. The number of hydrogen-bond acceptors (Lipinski definition) is 4. The van der Waals surface area contributed by atoms with Crippen molar-refractivity contribution in [2.24, 2.45) is 0 Å². The van der Waals surface area contributed by atoms with Gasteiger partial charge in [0.15, 0.2) is 5.16 Å². The Balaban J connectivity index is 1.58. The highest BCUT2D eigenvalue weighted by Crippen LogP contribution is 2.20. The highest BCUT2D eigenvalue weighted by atomic mass is 32.2. The molecule has 5 nitrogen and oxygen atoms in total. The lowest BCUT2D eigenvalue weighted by molar-refractivity contribution is -0.113. The van der Waals surface area contributed by atoms with E-state index in [-0.39, 0.29) is 5.91 Å². The largest absolute Gasteiger partial charge is 0.325 e. The summed E-state index contributed by atoms with van der Waals surface area (Å²) in [5.74, 6) is 1.25. The highest BCUT2D eigenvalue weighted by molar-refractivity contribution is 7.99. The van der Waals surface area contributed by atoms with Crippen molar-refractivity contribution in [2.45, 2.75) is 44.8 Å². The summed E-state index contributed by atoms with van der Waals surface area (Å²) in [6.07, 6.45) is 2.65. The summed E-state index contributed by atoms with van der Waals surface area (Å²) in [6, 6.07) is 18.3. The number of nitrogens with one attached hydrogen (secondary N) is 1. The molecule has 1 amide bonds. The van der Waals surface area contributed by atoms with Gasteiger partial charge in [-0.05, 0) is 37.0 Å². The van der Waals surface area contributed by atoms with Crippen molar-refractivity contribution in [1.82, 2.24) is 14.8 Å². The maximum Gasteiger partial charge on any atom is 0.234 e. The number of carbonyl (C=O) groups excluding carboxylic acids is 1. The highest BCUT2D eigenvalue weighted by Gasteiger charge is 2.14. The average Bonchev–Trinajstić information content (AvgIpc) is 3.13. The standard InChI is InChI=1S/C22H26N4OS/c1-3-18-12-8-9-13-19(18)23-21(27)16-28-22-25-24-20(26(22)4-2)15-14-17-10-6-5-7-11-17/h5-13H,3-4,14-16H2,1-2H3,(H,23,27). The van der Waals surface area contributed by atoms with Gasteiger partial charge in [-0.2, -0.15) is 0 Å². The van der Waals surface area contributed by atoms with Crippen LogP contribution in [0.15, 0.2) is 59.8 Å². The van der Waals surface area contributed by atoms with Crippen molar-refractivity contribution in [3.63, 3.8) is 0 Å². The van der Waals surface area contributed by atoms with Crippen LogP contribution in [0.25, 0.3) is 0 Å². The third kappa shape index (κ3) is 5.23. The molecule has 1 N–H and O–H groups in total. The topological polar surface area (TPSA) is 59.8 Å². The number of thioether (sulfide) groups is 1. The van der Waals surface area contributed by atoms with Crippen LogP contribution in [-0.4, -0.2) is 26.4 Å².